The molecule has 0 aliphatic carbocycles. The molecule has 0 saturated heterocycles. The van der Waals surface area contributed by atoms with E-state index in [-0.39, 0.29) is 12.5 Å². The molecule has 0 aliphatic rings. The van der Waals surface area contributed by atoms with Gasteiger partial charge in [-0.2, -0.15) is 0 Å². The molecule has 0 N–H and O–H groups in total. The maximum atomic E-state index is 11.7. The van der Waals surface area contributed by atoms with Gasteiger partial charge in [-0.1, -0.05) is 15.9 Å². The van der Waals surface area contributed by atoms with E-state index in [1.165, 1.54) is 17.4 Å². The van der Waals surface area contributed by atoms with Gasteiger partial charge in [0.1, 0.15) is 0 Å². The van der Waals surface area contributed by atoms with Crippen LogP contribution in [0.3, 0.4) is 0 Å². The van der Waals surface area contributed by atoms with Crippen LogP contribution in [0.4, 0.5) is 0 Å². The molecule has 24 heavy (non-hydrogen) atoms. The van der Waals surface area contributed by atoms with Crippen molar-refractivity contribution in [3.05, 3.63) is 56.8 Å². The molecule has 2 aromatic heterocycles. The van der Waals surface area contributed by atoms with Gasteiger partial charge in [0.15, 0.2) is 6.61 Å². The van der Waals surface area contributed by atoms with Gasteiger partial charge in [0.25, 0.3) is 5.89 Å². The Hall–Kier alpha value is -2.32. The summed E-state index contributed by atoms with van der Waals surface area (Å²) in [5.74, 6) is 0.116. The van der Waals surface area contributed by atoms with E-state index in [1.54, 1.807) is 6.08 Å². The van der Waals surface area contributed by atoms with Crippen LogP contribution in [0.15, 0.2) is 44.6 Å². The SMILES string of the molecule is Cc1nc(/C=C/C(=O)OCc2nnc(-c3ccc(Br)cc3)o2)cs1. The molecular formula is C16H12BrN3O3S. The molecule has 0 radical (unpaired) electrons. The van der Waals surface area contributed by atoms with Gasteiger partial charge < -0.3 is 9.15 Å². The Kier molecular flexibility index (Phi) is 5.17. The van der Waals surface area contributed by atoms with Crippen LogP contribution in [0.5, 0.6) is 0 Å². The van der Waals surface area contributed by atoms with Crippen molar-refractivity contribution in [2.45, 2.75) is 13.5 Å². The summed E-state index contributed by atoms with van der Waals surface area (Å²) in [6.07, 6.45) is 2.92. The molecule has 6 nitrogen and oxygen atoms in total. The first-order chi connectivity index (χ1) is 11.6. The fourth-order valence-electron chi connectivity index (χ4n) is 1.81. The van der Waals surface area contributed by atoms with Gasteiger partial charge in [0.05, 0.1) is 10.7 Å². The number of nitrogens with zero attached hydrogens (tertiary/aromatic N) is 3. The van der Waals surface area contributed by atoms with E-state index in [1.807, 2.05) is 36.6 Å². The van der Waals surface area contributed by atoms with E-state index < -0.39 is 5.97 Å². The van der Waals surface area contributed by atoms with Crippen molar-refractivity contribution in [2.75, 3.05) is 0 Å². The highest BCUT2D eigenvalue weighted by Gasteiger charge is 2.10. The number of carbonyl (C=O) groups is 1. The zero-order valence-corrected chi connectivity index (χ0v) is 15.0. The molecule has 0 amide bonds. The van der Waals surface area contributed by atoms with Gasteiger partial charge in [-0.3, -0.25) is 0 Å². The van der Waals surface area contributed by atoms with E-state index in [0.717, 1.165) is 20.7 Å². The standard InChI is InChI=1S/C16H12BrN3O3S/c1-10-18-13(9-24-10)6-7-15(21)22-8-14-19-20-16(23-14)11-2-4-12(17)5-3-11/h2-7,9H,8H2,1H3/b7-6+. The lowest BCUT2D eigenvalue weighted by Gasteiger charge is -1.97. The lowest BCUT2D eigenvalue weighted by atomic mass is 10.2. The molecule has 0 bridgehead atoms. The van der Waals surface area contributed by atoms with E-state index in [2.05, 4.69) is 31.1 Å². The number of ether oxygens (including phenoxy) is 1. The molecule has 0 fully saturated rings. The van der Waals surface area contributed by atoms with E-state index in [0.29, 0.717) is 5.89 Å². The fourth-order valence-corrected chi connectivity index (χ4v) is 2.66. The summed E-state index contributed by atoms with van der Waals surface area (Å²) in [5, 5.41) is 10.6. The topological polar surface area (TPSA) is 78.1 Å². The number of benzene rings is 1. The van der Waals surface area contributed by atoms with Crippen LogP contribution < -0.4 is 0 Å². The maximum absolute atomic E-state index is 11.7. The zero-order valence-electron chi connectivity index (χ0n) is 12.6. The number of carbonyl (C=O) groups excluding carboxylic acids is 1. The van der Waals surface area contributed by atoms with E-state index in [4.69, 9.17) is 9.15 Å². The lowest BCUT2D eigenvalue weighted by Crippen LogP contribution is -2.00. The highest BCUT2D eigenvalue weighted by molar-refractivity contribution is 9.10. The highest BCUT2D eigenvalue weighted by atomic mass is 79.9. The van der Waals surface area contributed by atoms with Crippen LogP contribution >= 0.6 is 27.3 Å². The third-order valence-electron chi connectivity index (χ3n) is 2.92. The largest absolute Gasteiger partial charge is 0.452 e. The fraction of sp³-hybridized carbons (Fsp3) is 0.125. The molecule has 8 heteroatoms. The summed E-state index contributed by atoms with van der Waals surface area (Å²) in [6.45, 7) is 1.82. The van der Waals surface area contributed by atoms with Crippen molar-refractivity contribution in [2.24, 2.45) is 0 Å². The minimum Gasteiger partial charge on any atom is -0.452 e. The zero-order chi connectivity index (χ0) is 16.9. The van der Waals surface area contributed by atoms with Gasteiger partial charge in [-0.05, 0) is 37.3 Å². The normalized spacial score (nSPS) is 11.1. The Morgan fingerprint density at radius 2 is 2.12 bits per heavy atom. The molecule has 2 heterocycles. The number of hydrogen-bond acceptors (Lipinski definition) is 7. The monoisotopic (exact) mass is 405 g/mol. The predicted molar refractivity (Wildman–Crippen MR) is 93.1 cm³/mol. The molecule has 3 rings (SSSR count). The molecule has 122 valence electrons. The van der Waals surface area contributed by atoms with Crippen molar-refractivity contribution in [1.29, 1.82) is 0 Å². The quantitative estimate of drug-likeness (QED) is 0.471. The Labute approximate surface area is 150 Å². The number of aryl methyl sites for hydroxylation is 1. The number of hydrogen-bond donors (Lipinski definition) is 0. The smallest absolute Gasteiger partial charge is 0.331 e. The summed E-state index contributed by atoms with van der Waals surface area (Å²) in [5.41, 5.74) is 1.52. The van der Waals surface area contributed by atoms with Crippen molar-refractivity contribution < 1.29 is 13.9 Å². The number of esters is 1. The Balaban J connectivity index is 1.56. The van der Waals surface area contributed by atoms with Gasteiger partial charge in [-0.15, -0.1) is 21.5 Å². The minimum absolute atomic E-state index is 0.0806. The molecule has 0 unspecified atom stereocenters. The number of aromatic nitrogens is 3. The number of rotatable bonds is 5. The average molecular weight is 406 g/mol. The summed E-state index contributed by atoms with van der Waals surface area (Å²) in [7, 11) is 0. The van der Waals surface area contributed by atoms with Crippen molar-refractivity contribution in [3.8, 4) is 11.5 Å². The van der Waals surface area contributed by atoms with E-state index in [9.17, 15) is 4.79 Å². The average Bonchev–Trinajstić information content (AvgIpc) is 3.21. The number of thiazole rings is 1. The Morgan fingerprint density at radius 1 is 1.33 bits per heavy atom. The Morgan fingerprint density at radius 3 is 2.83 bits per heavy atom. The molecule has 1 aromatic carbocycles. The van der Waals surface area contributed by atoms with Crippen molar-refractivity contribution in [3.63, 3.8) is 0 Å². The van der Waals surface area contributed by atoms with Crippen LogP contribution in [0.1, 0.15) is 16.6 Å². The lowest BCUT2D eigenvalue weighted by molar-refractivity contribution is -0.139. The number of halogens is 1. The van der Waals surface area contributed by atoms with Crippen molar-refractivity contribution in [1.82, 2.24) is 15.2 Å². The molecule has 0 atom stereocenters. The van der Waals surface area contributed by atoms with Gasteiger partial charge in [-0.25, -0.2) is 9.78 Å². The molecule has 3 aromatic rings. The summed E-state index contributed by atoms with van der Waals surface area (Å²) < 4.78 is 11.5. The predicted octanol–water partition coefficient (Wildman–Crippen LogP) is 4.02. The van der Waals surface area contributed by atoms with Crippen LogP contribution in [-0.2, 0) is 16.1 Å². The summed E-state index contributed by atoms with van der Waals surface area (Å²) in [6, 6.07) is 7.46. The van der Waals surface area contributed by atoms with Crippen molar-refractivity contribution >= 4 is 39.3 Å². The van der Waals surface area contributed by atoms with Gasteiger partial charge in [0, 0.05) is 21.5 Å². The van der Waals surface area contributed by atoms with Crippen LogP contribution in [0.2, 0.25) is 0 Å². The molecule has 0 saturated carbocycles. The van der Waals surface area contributed by atoms with Gasteiger partial charge in [0.2, 0.25) is 5.89 Å². The first kappa shape index (κ1) is 16.5. The summed E-state index contributed by atoms with van der Waals surface area (Å²) >= 11 is 4.88. The second kappa shape index (κ2) is 7.50. The highest BCUT2D eigenvalue weighted by Crippen LogP contribution is 2.20. The van der Waals surface area contributed by atoms with Crippen LogP contribution in [0.25, 0.3) is 17.5 Å². The third kappa shape index (κ3) is 4.36. The molecule has 0 spiro atoms. The third-order valence-corrected chi connectivity index (χ3v) is 4.24. The first-order valence-electron chi connectivity index (χ1n) is 6.95. The first-order valence-corrected chi connectivity index (χ1v) is 8.63. The van der Waals surface area contributed by atoms with E-state index >= 15 is 0 Å². The van der Waals surface area contributed by atoms with Crippen LogP contribution in [-0.4, -0.2) is 21.2 Å². The second-order valence-electron chi connectivity index (χ2n) is 4.74. The molecule has 0 aliphatic heterocycles. The minimum atomic E-state index is -0.496. The van der Waals surface area contributed by atoms with Gasteiger partial charge >= 0.3 is 5.97 Å². The second-order valence-corrected chi connectivity index (χ2v) is 6.72. The molecular weight excluding hydrogens is 394 g/mol. The van der Waals surface area contributed by atoms with Crippen LogP contribution in [0, 0.1) is 6.92 Å². The Bertz CT molecular complexity index is 871. The maximum Gasteiger partial charge on any atom is 0.331 e. The summed E-state index contributed by atoms with van der Waals surface area (Å²) in [4.78, 5) is 15.9.